The molecule has 0 radical (unpaired) electrons. The van der Waals surface area contributed by atoms with E-state index in [0.717, 1.165) is 0 Å². The molecule has 0 aromatic carbocycles. The minimum atomic E-state index is -2.21. The quantitative estimate of drug-likeness (QED) is 0.113. The summed E-state index contributed by atoms with van der Waals surface area (Å²) >= 11 is 0. The second kappa shape index (κ2) is 26.0. The Kier molecular flexibility index (Phi) is 20.8. The van der Waals surface area contributed by atoms with Gasteiger partial charge in [0, 0.05) is 0 Å². The van der Waals surface area contributed by atoms with Crippen LogP contribution >= 0.6 is 0 Å². The maximum absolute atomic E-state index is 11.3. The summed E-state index contributed by atoms with van der Waals surface area (Å²) in [7, 11) is 0. The lowest BCUT2D eigenvalue weighted by Crippen LogP contribution is -2.68. The molecule has 77 heavy (non-hydrogen) atoms. The largest absolute Gasteiger partial charge is 0.394 e. The summed E-state index contributed by atoms with van der Waals surface area (Å²) in [6.45, 7) is -7.33. The first-order valence-electron chi connectivity index (χ1n) is 24.6. The van der Waals surface area contributed by atoms with E-state index in [2.05, 4.69) is 0 Å². The van der Waals surface area contributed by atoms with Gasteiger partial charge in [0.2, 0.25) is 0 Å². The van der Waals surface area contributed by atoms with E-state index in [4.69, 9.17) is 66.3 Å². The van der Waals surface area contributed by atoms with Crippen LogP contribution in [0.2, 0.25) is 0 Å². The Morgan fingerprint density at radius 2 is 0.260 bits per heavy atom. The van der Waals surface area contributed by atoms with E-state index in [0.29, 0.717) is 0 Å². The molecule has 21 rings (SSSR count). The summed E-state index contributed by atoms with van der Waals surface area (Å²) in [6, 6.07) is 0. The van der Waals surface area contributed by atoms with Crippen molar-refractivity contribution >= 4 is 0 Å². The maximum Gasteiger partial charge on any atom is 0.187 e. The van der Waals surface area contributed by atoms with Gasteiger partial charge in [0.1, 0.15) is 171 Å². The standard InChI is InChI=1S/C42H70O35/c43-1-8-29-15(50)22(57)36(64-8)72-30-9(2-44)66-38(24(59)17(30)52)74-32-11(4-46)68-40(26(61)19(32)54)76-34-13(6-48)70-42(28(63)21(34)56)77-35-14(7-49)69-41(27(62)20(35)55)75-33-12(5-47)67-39(25(60)18(33)53)73-31-10(3-45)65-37(71-29)23(58)16(31)51/h8-63H,1-7H2/t8?,9?,10?,11?,12?,13?,14?,15-,16-,17-,18?,19?,20?,21?,22?,23+,24?,25+,26+,27+,28+,29-,30-,31-,32-,33-,34-,35-,36-,37?,38-,39-,40-,41-,42-/m1/s1. The number of ether oxygens (including phenoxy) is 14. The molecule has 21 heterocycles. The van der Waals surface area contributed by atoms with Crippen molar-refractivity contribution in [1.29, 1.82) is 0 Å². The topological polar surface area (TPSA) is 554 Å². The van der Waals surface area contributed by atoms with Gasteiger partial charge in [-0.3, -0.25) is 0 Å². The predicted octanol–water partition coefficient (Wildman–Crippen LogP) is -15.2. The van der Waals surface area contributed by atoms with Crippen LogP contribution < -0.4 is 0 Å². The second-order valence-corrected chi connectivity index (χ2v) is 19.7. The van der Waals surface area contributed by atoms with Crippen LogP contribution in [0.15, 0.2) is 0 Å². The van der Waals surface area contributed by atoms with Gasteiger partial charge in [-0.05, 0) is 0 Å². The third-order valence-electron chi connectivity index (χ3n) is 14.8. The highest BCUT2D eigenvalue weighted by Gasteiger charge is 2.59. The van der Waals surface area contributed by atoms with Crippen LogP contribution in [0.1, 0.15) is 0 Å². The molecule has 21 saturated heterocycles. The zero-order valence-electron chi connectivity index (χ0n) is 40.3. The van der Waals surface area contributed by atoms with E-state index in [1.54, 1.807) is 0 Å². The molecule has 0 saturated carbocycles. The second-order valence-electron chi connectivity index (χ2n) is 19.7. The molecule has 14 unspecified atom stereocenters. The van der Waals surface area contributed by atoms with Crippen LogP contribution in [0.5, 0.6) is 0 Å². The molecule has 35 nitrogen and oxygen atoms in total. The molecule has 0 spiro atoms. The highest BCUT2D eigenvalue weighted by Crippen LogP contribution is 2.39. The molecule has 21 fully saturated rings. The molecule has 35 atom stereocenters. The van der Waals surface area contributed by atoms with Gasteiger partial charge in [-0.15, -0.1) is 0 Å². The molecule has 448 valence electrons. The predicted molar refractivity (Wildman–Crippen MR) is 228 cm³/mol. The lowest BCUT2D eigenvalue weighted by molar-refractivity contribution is -0.396. The van der Waals surface area contributed by atoms with Crippen molar-refractivity contribution in [3.05, 3.63) is 0 Å². The van der Waals surface area contributed by atoms with E-state index in [1.807, 2.05) is 0 Å². The number of aliphatic hydroxyl groups is 21. The molecular weight excluding hydrogens is 1060 g/mol. The minimum Gasteiger partial charge on any atom is -0.394 e. The smallest absolute Gasteiger partial charge is 0.187 e. The van der Waals surface area contributed by atoms with E-state index in [9.17, 15) is 107 Å². The molecule has 0 aliphatic carbocycles. The Hall–Kier alpha value is -1.40. The monoisotopic (exact) mass is 1130 g/mol. The van der Waals surface area contributed by atoms with Crippen molar-refractivity contribution in [3.63, 3.8) is 0 Å². The first-order valence-corrected chi connectivity index (χ1v) is 24.6. The summed E-state index contributed by atoms with van der Waals surface area (Å²) in [4.78, 5) is 0. The Balaban J connectivity index is 1.08. The first kappa shape index (κ1) is 61.7. The SMILES string of the molecule is OCC1O[C@@H]2O[C@@H]3C(CO)O[C@H](O[C@@H]4C(CO)O[C@H](O[C@@H]5C(CO)O[C@H](O[C@@H]6C(CO)OC(O[C@@H]7C(CO)O[C@H](O[C@@H]8C(CO)O[C@H](O[C@H]1C(O)[C@@H]2O)C(O)[C@H]8O)C(O)[C@H]7O)[C@@H](O)[C@H]6O)[C@@H](O)C5O)[C@@H](O)C4O)[C@@H](O)C3O. The summed E-state index contributed by atoms with van der Waals surface area (Å²) in [5, 5.41) is 230. The molecular formula is C42H70O35. The number of hydrogen-bond acceptors (Lipinski definition) is 35. The van der Waals surface area contributed by atoms with E-state index >= 15 is 0 Å². The average Bonchev–Trinajstić information content (AvgIpc) is 3.47. The van der Waals surface area contributed by atoms with Gasteiger partial charge < -0.3 is 174 Å². The fourth-order valence-corrected chi connectivity index (χ4v) is 10.4. The van der Waals surface area contributed by atoms with Crippen LogP contribution in [-0.4, -0.2) is 368 Å². The van der Waals surface area contributed by atoms with Crippen LogP contribution in [0, 0.1) is 0 Å². The highest BCUT2D eigenvalue weighted by atomic mass is 16.8. The van der Waals surface area contributed by atoms with Crippen molar-refractivity contribution < 1.29 is 174 Å². The third-order valence-corrected chi connectivity index (χ3v) is 14.8. The normalized spacial score (nSPS) is 55.4. The van der Waals surface area contributed by atoms with Gasteiger partial charge in [0.05, 0.1) is 46.2 Å². The number of rotatable bonds is 7. The molecule has 0 amide bonds. The van der Waals surface area contributed by atoms with Crippen molar-refractivity contribution in [2.45, 2.75) is 215 Å². The van der Waals surface area contributed by atoms with Crippen LogP contribution in [0.3, 0.4) is 0 Å². The van der Waals surface area contributed by atoms with Crippen molar-refractivity contribution in [1.82, 2.24) is 0 Å². The summed E-state index contributed by atoms with van der Waals surface area (Å²) in [6.07, 6.45) is -70.2. The lowest BCUT2D eigenvalue weighted by atomic mass is 9.95. The Bertz CT molecular complexity index is 1470. The van der Waals surface area contributed by atoms with Crippen LogP contribution in [0.4, 0.5) is 0 Å². The van der Waals surface area contributed by atoms with Gasteiger partial charge in [-0.2, -0.15) is 0 Å². The Morgan fingerprint density at radius 1 is 0.156 bits per heavy atom. The molecule has 0 aromatic rings. The Labute approximate surface area is 434 Å². The van der Waals surface area contributed by atoms with Crippen LogP contribution in [0.25, 0.3) is 0 Å². The van der Waals surface area contributed by atoms with E-state index in [1.165, 1.54) is 0 Å². The summed E-state index contributed by atoms with van der Waals surface area (Å²) in [5.74, 6) is 0. The van der Waals surface area contributed by atoms with E-state index < -0.39 is 261 Å². The van der Waals surface area contributed by atoms with Gasteiger partial charge in [-0.25, -0.2) is 0 Å². The van der Waals surface area contributed by atoms with Gasteiger partial charge >= 0.3 is 0 Å². The lowest BCUT2D eigenvalue weighted by Gasteiger charge is -2.50. The highest BCUT2D eigenvalue weighted by molar-refractivity contribution is 5.01. The van der Waals surface area contributed by atoms with Gasteiger partial charge in [0.15, 0.2) is 44.0 Å². The van der Waals surface area contributed by atoms with Crippen molar-refractivity contribution in [2.24, 2.45) is 0 Å². The maximum atomic E-state index is 11.3. The fourth-order valence-electron chi connectivity index (χ4n) is 10.4. The molecule has 21 aliphatic heterocycles. The zero-order valence-corrected chi connectivity index (χ0v) is 40.3. The Morgan fingerprint density at radius 3 is 0.351 bits per heavy atom. The molecule has 21 aliphatic rings. The van der Waals surface area contributed by atoms with Crippen molar-refractivity contribution in [2.75, 3.05) is 46.2 Å². The van der Waals surface area contributed by atoms with Crippen molar-refractivity contribution in [3.8, 4) is 0 Å². The van der Waals surface area contributed by atoms with Gasteiger partial charge in [0.25, 0.3) is 0 Å². The third kappa shape index (κ3) is 12.1. The van der Waals surface area contributed by atoms with Crippen LogP contribution in [-0.2, 0) is 66.3 Å². The summed E-state index contributed by atoms with van der Waals surface area (Å²) < 4.78 is 79.5. The fraction of sp³-hybridized carbons (Fsp3) is 1.00. The molecule has 14 bridgehead atoms. The zero-order chi connectivity index (χ0) is 56.1. The van der Waals surface area contributed by atoms with E-state index in [-0.39, 0.29) is 0 Å². The molecule has 35 heteroatoms. The minimum absolute atomic E-state index is 1.05. The molecule has 0 aromatic heterocycles. The summed E-state index contributed by atoms with van der Waals surface area (Å²) in [5.41, 5.74) is 0. The first-order chi connectivity index (χ1) is 36.7. The number of hydrogen-bond donors (Lipinski definition) is 21. The average molecular weight is 1130 g/mol. The number of aliphatic hydroxyl groups excluding tert-OH is 21. The molecule has 21 N–H and O–H groups in total. The van der Waals surface area contributed by atoms with Gasteiger partial charge in [-0.1, -0.05) is 0 Å².